The largest absolute Gasteiger partial charge is 0.494 e. The Balaban J connectivity index is 0.835. The number of unbranched alkanes of at least 4 members (excludes halogenated alkanes) is 1. The third kappa shape index (κ3) is 13.9. The lowest BCUT2D eigenvalue weighted by atomic mass is 9.85. The number of carbonyl (C=O) groups is 4. The number of likely N-dealkylation sites (tertiary alicyclic amines) is 1. The molecule has 3 atom stereocenters. The molecular formula is C52H66ClN10O7PS. The molecule has 17 nitrogen and oxygen atoms in total. The third-order valence-corrected chi connectivity index (χ3v) is 15.7. The van der Waals surface area contributed by atoms with Crippen molar-refractivity contribution in [2.45, 2.75) is 103 Å². The summed E-state index contributed by atoms with van der Waals surface area (Å²) in [6.45, 7) is 12.6. The maximum Gasteiger partial charge on any atom is 0.246 e. The van der Waals surface area contributed by atoms with Gasteiger partial charge in [-0.3, -0.25) is 19.2 Å². The number of anilines is 5. The van der Waals surface area contributed by atoms with Crippen molar-refractivity contribution >= 4 is 87.8 Å². The SMILES string of the molecule is COc1cc(N2CCC(NC(=O)CCCCC(=O)NC(C(=O)N3CC(O)CC3C(=O)NCc3ccc(-c4scnc4C)cc3)C(C)(C)C)CC2)ccc1Nc1ncc(Cl)c(Nc2ccccc2P(C)(C)=O)n1. The highest BCUT2D eigenvalue weighted by molar-refractivity contribution is 7.70. The summed E-state index contributed by atoms with van der Waals surface area (Å²) in [5.74, 6) is 0.0552. The minimum Gasteiger partial charge on any atom is -0.494 e. The summed E-state index contributed by atoms with van der Waals surface area (Å²) in [5.41, 5.74) is 6.30. The highest BCUT2D eigenvalue weighted by Gasteiger charge is 2.44. The number of nitrogens with zero attached hydrogens (tertiary/aromatic N) is 5. The lowest BCUT2D eigenvalue weighted by molar-refractivity contribution is -0.144. The number of β-amino-alcohol motifs (C(OH)–C–C–N with tert-alkyl or cyclic N) is 1. The summed E-state index contributed by atoms with van der Waals surface area (Å²) >= 11 is 8.04. The van der Waals surface area contributed by atoms with Gasteiger partial charge in [0.2, 0.25) is 29.6 Å². The number of nitrogens with one attached hydrogen (secondary N) is 5. The van der Waals surface area contributed by atoms with Crippen LogP contribution in [0.15, 0.2) is 78.4 Å². The van der Waals surface area contributed by atoms with E-state index >= 15 is 0 Å². The topological polar surface area (TPSA) is 220 Å². The molecule has 2 fully saturated rings. The summed E-state index contributed by atoms with van der Waals surface area (Å²) in [6.07, 6.45) is 3.55. The molecule has 6 N–H and O–H groups in total. The van der Waals surface area contributed by atoms with Gasteiger partial charge in [0.15, 0.2) is 5.82 Å². The van der Waals surface area contributed by atoms with E-state index in [1.807, 2.05) is 99.9 Å². The second-order valence-corrected chi connectivity index (χ2v) is 24.3. The predicted molar refractivity (Wildman–Crippen MR) is 286 cm³/mol. The number of thiazole rings is 1. The van der Waals surface area contributed by atoms with Crippen molar-refractivity contribution < 1.29 is 33.6 Å². The summed E-state index contributed by atoms with van der Waals surface area (Å²) in [7, 11) is -0.988. The van der Waals surface area contributed by atoms with Gasteiger partial charge in [0.1, 0.15) is 30.0 Å². The van der Waals surface area contributed by atoms with E-state index in [2.05, 4.69) is 46.4 Å². The van der Waals surface area contributed by atoms with E-state index in [9.17, 15) is 28.8 Å². The molecule has 72 heavy (non-hydrogen) atoms. The molecular weight excluding hydrogens is 975 g/mol. The Morgan fingerprint density at radius 1 is 0.944 bits per heavy atom. The van der Waals surface area contributed by atoms with Gasteiger partial charge in [-0.15, -0.1) is 11.3 Å². The number of carbonyl (C=O) groups excluding carboxylic acids is 4. The van der Waals surface area contributed by atoms with Crippen LogP contribution < -0.4 is 41.5 Å². The molecule has 5 aromatic rings. The number of halogens is 1. The number of amides is 4. The van der Waals surface area contributed by atoms with Gasteiger partial charge in [-0.2, -0.15) is 4.98 Å². The molecule has 7 rings (SSSR count). The molecule has 3 unspecified atom stereocenters. The van der Waals surface area contributed by atoms with Crippen molar-refractivity contribution in [2.75, 3.05) is 55.6 Å². The van der Waals surface area contributed by atoms with Crippen LogP contribution in [0.25, 0.3) is 10.4 Å². The average molecular weight is 1040 g/mol. The minimum atomic E-state index is -2.58. The van der Waals surface area contributed by atoms with Crippen LogP contribution in [0.4, 0.5) is 28.8 Å². The number of hydrogen-bond donors (Lipinski definition) is 6. The van der Waals surface area contributed by atoms with Crippen LogP contribution in [-0.2, 0) is 30.3 Å². The number of methoxy groups -OCH3 is 1. The van der Waals surface area contributed by atoms with E-state index in [-0.39, 0.29) is 62.1 Å². The van der Waals surface area contributed by atoms with E-state index in [0.717, 1.165) is 53.3 Å². The smallest absolute Gasteiger partial charge is 0.246 e. The second kappa shape index (κ2) is 23.6. The zero-order chi connectivity index (χ0) is 51.7. The zero-order valence-electron chi connectivity index (χ0n) is 42.0. The first-order chi connectivity index (χ1) is 34.3. The van der Waals surface area contributed by atoms with E-state index in [1.165, 1.54) is 11.1 Å². The molecule has 0 spiro atoms. The summed E-state index contributed by atoms with van der Waals surface area (Å²) < 4.78 is 18.7. The Kier molecular flexibility index (Phi) is 17.6. The van der Waals surface area contributed by atoms with Gasteiger partial charge in [0.25, 0.3) is 0 Å². The van der Waals surface area contributed by atoms with Crippen molar-refractivity contribution in [1.29, 1.82) is 0 Å². The molecule has 2 saturated heterocycles. The maximum absolute atomic E-state index is 14.1. The predicted octanol–water partition coefficient (Wildman–Crippen LogP) is 7.76. The van der Waals surface area contributed by atoms with Gasteiger partial charge in [0, 0.05) is 68.5 Å². The first kappa shape index (κ1) is 53.7. The van der Waals surface area contributed by atoms with Crippen LogP contribution in [0.2, 0.25) is 5.02 Å². The monoisotopic (exact) mass is 1040 g/mol. The number of piperidine rings is 1. The molecule has 0 radical (unpaired) electrons. The molecule has 384 valence electrons. The Labute approximate surface area is 430 Å². The number of para-hydroxylation sites is 1. The van der Waals surface area contributed by atoms with Crippen molar-refractivity contribution in [3.05, 3.63) is 94.7 Å². The molecule has 4 heterocycles. The van der Waals surface area contributed by atoms with Gasteiger partial charge < -0.3 is 50.8 Å². The van der Waals surface area contributed by atoms with E-state index in [4.69, 9.17) is 16.3 Å². The van der Waals surface area contributed by atoms with E-state index < -0.39 is 36.7 Å². The average Bonchev–Trinajstić information content (AvgIpc) is 3.97. The third-order valence-electron chi connectivity index (χ3n) is 12.9. The molecule has 2 aliphatic heterocycles. The first-order valence-corrected chi connectivity index (χ1v) is 28.1. The van der Waals surface area contributed by atoms with E-state index in [0.29, 0.717) is 46.1 Å². The summed E-state index contributed by atoms with van der Waals surface area (Å²) in [6, 6.07) is 19.3. The van der Waals surface area contributed by atoms with Crippen LogP contribution in [0.1, 0.15) is 77.0 Å². The Bertz CT molecular complexity index is 2770. The lowest BCUT2D eigenvalue weighted by Crippen LogP contribution is -2.57. The molecule has 2 aromatic heterocycles. The number of aromatic nitrogens is 3. The summed E-state index contributed by atoms with van der Waals surface area (Å²) in [5, 5.41) is 27.1. The van der Waals surface area contributed by atoms with Gasteiger partial charge in [-0.25, -0.2) is 9.97 Å². The van der Waals surface area contributed by atoms with Crippen molar-refractivity contribution in [3.8, 4) is 16.2 Å². The number of rotatable bonds is 19. The number of benzene rings is 3. The fourth-order valence-corrected chi connectivity index (χ4v) is 11.1. The van der Waals surface area contributed by atoms with Crippen LogP contribution in [0, 0.1) is 12.3 Å². The number of hydrogen-bond acceptors (Lipinski definition) is 14. The van der Waals surface area contributed by atoms with Crippen molar-refractivity contribution in [3.63, 3.8) is 0 Å². The Morgan fingerprint density at radius 2 is 1.65 bits per heavy atom. The Morgan fingerprint density at radius 3 is 2.32 bits per heavy atom. The highest BCUT2D eigenvalue weighted by Crippen LogP contribution is 2.39. The maximum atomic E-state index is 14.1. The van der Waals surface area contributed by atoms with E-state index in [1.54, 1.807) is 31.8 Å². The molecule has 3 aromatic carbocycles. The quantitative estimate of drug-likeness (QED) is 0.0345. The molecule has 0 saturated carbocycles. The zero-order valence-corrected chi connectivity index (χ0v) is 44.4. The van der Waals surface area contributed by atoms with Crippen LogP contribution in [-0.4, -0.2) is 113 Å². The summed E-state index contributed by atoms with van der Waals surface area (Å²) in [4.78, 5) is 71.9. The Hall–Kier alpha value is -6.07. The lowest BCUT2D eigenvalue weighted by Gasteiger charge is -2.35. The second-order valence-electron chi connectivity index (χ2n) is 19.9. The van der Waals surface area contributed by atoms with Gasteiger partial charge in [0.05, 0.1) is 46.9 Å². The standard InChI is InChI=1S/C52H66ClN10O7PS/c1-32-46(72-31-56-32)34-18-16-33(17-19-34)28-54-49(67)41-27-37(64)30-63(41)50(68)47(52(2,3)4)60-45(66)15-11-10-14-44(65)57-35-22-24-62(25-23-35)36-20-21-39(42(26-36)70-5)59-51-55-29-38(53)48(61-51)58-40-12-8-9-13-43(40)71(6,7)69/h8-9,12-13,16-21,26,29,31,35,37,41,47,64H,10-11,14-15,22-25,27-28,30H2,1-7H3,(H,54,67)(H,57,65)(H,60,66)(H2,55,58,59,61). The molecule has 0 aliphatic carbocycles. The fraction of sp³-hybridized carbons (Fsp3) is 0.442. The van der Waals surface area contributed by atoms with Gasteiger partial charge >= 0.3 is 0 Å². The molecule has 0 bridgehead atoms. The van der Waals surface area contributed by atoms with Crippen molar-refractivity contribution in [1.82, 2.24) is 35.8 Å². The first-order valence-electron chi connectivity index (χ1n) is 24.3. The van der Waals surface area contributed by atoms with Crippen LogP contribution >= 0.6 is 30.1 Å². The molecule has 20 heteroatoms. The van der Waals surface area contributed by atoms with Crippen molar-refractivity contribution in [2.24, 2.45) is 5.41 Å². The molecule has 2 aliphatic rings. The van der Waals surface area contributed by atoms with Gasteiger partial charge in [-0.1, -0.05) is 68.8 Å². The van der Waals surface area contributed by atoms with Crippen LogP contribution in [0.3, 0.4) is 0 Å². The number of aliphatic hydroxyl groups is 1. The van der Waals surface area contributed by atoms with Gasteiger partial charge in [-0.05, 0) is 86.7 Å². The highest BCUT2D eigenvalue weighted by atomic mass is 35.5. The normalized spacial score (nSPS) is 16.7. The van der Waals surface area contributed by atoms with Crippen LogP contribution in [0.5, 0.6) is 5.75 Å². The molecule has 4 amide bonds. The number of aryl methyl sites for hydroxylation is 1. The number of ether oxygens (including phenoxy) is 1. The fourth-order valence-electron chi connectivity index (χ4n) is 8.96. The number of aliphatic hydroxyl groups excluding tert-OH is 1. The minimum absolute atomic E-state index is 0.0114.